The molecular weight excluding hydrogens is 236 g/mol. The Morgan fingerprint density at radius 1 is 1.44 bits per heavy atom. The molecule has 18 heavy (non-hydrogen) atoms. The van der Waals surface area contributed by atoms with E-state index in [-0.39, 0.29) is 24.3 Å². The molecule has 0 saturated heterocycles. The molecule has 1 atom stereocenters. The SMILES string of the molecule is CCOC(=O)[C@](N)(CC)c1ccccc1[N+](=O)[O-]. The lowest BCUT2D eigenvalue weighted by Crippen LogP contribution is -2.46. The number of hydrogen-bond donors (Lipinski definition) is 1. The third-order valence-electron chi connectivity index (χ3n) is 2.78. The molecule has 6 heteroatoms. The molecule has 0 amide bonds. The molecule has 0 aromatic heterocycles. The first-order valence-corrected chi connectivity index (χ1v) is 5.67. The van der Waals surface area contributed by atoms with E-state index in [1.165, 1.54) is 18.2 Å². The minimum atomic E-state index is -1.49. The Hall–Kier alpha value is -1.95. The number of para-hydroxylation sites is 1. The van der Waals surface area contributed by atoms with E-state index in [0.717, 1.165) is 0 Å². The molecule has 6 nitrogen and oxygen atoms in total. The van der Waals surface area contributed by atoms with Crippen LogP contribution in [0.15, 0.2) is 24.3 Å². The second-order valence-corrected chi connectivity index (χ2v) is 3.82. The zero-order valence-electron chi connectivity index (χ0n) is 10.4. The molecule has 0 aliphatic heterocycles. The van der Waals surface area contributed by atoms with Gasteiger partial charge in [0, 0.05) is 6.07 Å². The van der Waals surface area contributed by atoms with Crippen molar-refractivity contribution in [3.63, 3.8) is 0 Å². The zero-order chi connectivity index (χ0) is 13.8. The molecular formula is C12H16N2O4. The minimum Gasteiger partial charge on any atom is -0.464 e. The van der Waals surface area contributed by atoms with Gasteiger partial charge in [0.05, 0.1) is 17.1 Å². The maximum absolute atomic E-state index is 11.9. The van der Waals surface area contributed by atoms with Gasteiger partial charge in [0.1, 0.15) is 5.54 Å². The van der Waals surface area contributed by atoms with Gasteiger partial charge in [0.2, 0.25) is 0 Å². The van der Waals surface area contributed by atoms with Crippen LogP contribution in [0.1, 0.15) is 25.8 Å². The second-order valence-electron chi connectivity index (χ2n) is 3.82. The minimum absolute atomic E-state index is 0.171. The number of carbonyl (C=O) groups excluding carboxylic acids is 1. The van der Waals surface area contributed by atoms with E-state index in [0.29, 0.717) is 0 Å². The molecule has 0 aliphatic carbocycles. The fourth-order valence-corrected chi connectivity index (χ4v) is 1.71. The molecule has 0 radical (unpaired) electrons. The molecule has 0 unspecified atom stereocenters. The largest absolute Gasteiger partial charge is 0.464 e. The van der Waals surface area contributed by atoms with E-state index in [1.807, 2.05) is 0 Å². The maximum atomic E-state index is 11.9. The average Bonchev–Trinajstić information content (AvgIpc) is 2.38. The van der Waals surface area contributed by atoms with Crippen molar-refractivity contribution < 1.29 is 14.5 Å². The molecule has 98 valence electrons. The lowest BCUT2D eigenvalue weighted by molar-refractivity contribution is -0.386. The van der Waals surface area contributed by atoms with Crippen molar-refractivity contribution in [2.24, 2.45) is 5.73 Å². The van der Waals surface area contributed by atoms with Crippen LogP contribution in [0.2, 0.25) is 0 Å². The maximum Gasteiger partial charge on any atom is 0.331 e. The van der Waals surface area contributed by atoms with E-state index >= 15 is 0 Å². The third kappa shape index (κ3) is 2.48. The molecule has 0 fully saturated rings. The van der Waals surface area contributed by atoms with E-state index in [9.17, 15) is 14.9 Å². The van der Waals surface area contributed by atoms with Crippen molar-refractivity contribution in [2.75, 3.05) is 6.61 Å². The Labute approximate surface area is 105 Å². The zero-order valence-corrected chi connectivity index (χ0v) is 10.4. The summed E-state index contributed by atoms with van der Waals surface area (Å²) in [4.78, 5) is 22.3. The summed E-state index contributed by atoms with van der Waals surface area (Å²) in [6.07, 6.45) is 0.219. The van der Waals surface area contributed by atoms with Crippen LogP contribution in [-0.2, 0) is 15.1 Å². The first kappa shape index (κ1) is 14.1. The number of nitrogens with two attached hydrogens (primary N) is 1. The van der Waals surface area contributed by atoms with E-state index < -0.39 is 16.4 Å². The fraction of sp³-hybridized carbons (Fsp3) is 0.417. The summed E-state index contributed by atoms with van der Waals surface area (Å²) in [6.45, 7) is 3.53. The summed E-state index contributed by atoms with van der Waals surface area (Å²) < 4.78 is 4.90. The summed E-state index contributed by atoms with van der Waals surface area (Å²) in [5.74, 6) is -0.651. The van der Waals surface area contributed by atoms with Crippen LogP contribution in [0.4, 0.5) is 5.69 Å². The topological polar surface area (TPSA) is 95.5 Å². The Morgan fingerprint density at radius 2 is 2.06 bits per heavy atom. The monoisotopic (exact) mass is 252 g/mol. The molecule has 0 aliphatic rings. The highest BCUT2D eigenvalue weighted by Gasteiger charge is 2.40. The van der Waals surface area contributed by atoms with Gasteiger partial charge in [0.25, 0.3) is 5.69 Å². The number of hydrogen-bond acceptors (Lipinski definition) is 5. The summed E-state index contributed by atoms with van der Waals surface area (Å²) in [7, 11) is 0. The van der Waals surface area contributed by atoms with Gasteiger partial charge in [-0.2, -0.15) is 0 Å². The lowest BCUT2D eigenvalue weighted by atomic mass is 9.87. The lowest BCUT2D eigenvalue weighted by Gasteiger charge is -2.25. The van der Waals surface area contributed by atoms with Gasteiger partial charge in [0.15, 0.2) is 0 Å². The van der Waals surface area contributed by atoms with Crippen LogP contribution < -0.4 is 5.73 Å². The van der Waals surface area contributed by atoms with Gasteiger partial charge >= 0.3 is 5.97 Å². The third-order valence-corrected chi connectivity index (χ3v) is 2.78. The number of nitro benzene ring substituents is 1. The van der Waals surface area contributed by atoms with E-state index in [4.69, 9.17) is 10.5 Å². The Balaban J connectivity index is 3.32. The van der Waals surface area contributed by atoms with Crippen molar-refractivity contribution in [1.29, 1.82) is 0 Å². The Morgan fingerprint density at radius 3 is 2.56 bits per heavy atom. The van der Waals surface area contributed by atoms with Gasteiger partial charge < -0.3 is 10.5 Å². The number of ether oxygens (including phenoxy) is 1. The molecule has 0 spiro atoms. The highest BCUT2D eigenvalue weighted by molar-refractivity contribution is 5.83. The smallest absolute Gasteiger partial charge is 0.331 e. The van der Waals surface area contributed by atoms with E-state index in [2.05, 4.69) is 0 Å². The van der Waals surface area contributed by atoms with Crippen LogP contribution in [0, 0.1) is 10.1 Å². The van der Waals surface area contributed by atoms with Crippen LogP contribution in [-0.4, -0.2) is 17.5 Å². The fourth-order valence-electron chi connectivity index (χ4n) is 1.71. The highest BCUT2D eigenvalue weighted by atomic mass is 16.6. The summed E-state index contributed by atoms with van der Waals surface area (Å²) in [5, 5.41) is 11.0. The van der Waals surface area contributed by atoms with Gasteiger partial charge in [-0.15, -0.1) is 0 Å². The van der Waals surface area contributed by atoms with Crippen molar-refractivity contribution in [3.8, 4) is 0 Å². The molecule has 1 rings (SSSR count). The van der Waals surface area contributed by atoms with Crippen LogP contribution in [0.5, 0.6) is 0 Å². The molecule has 0 saturated carbocycles. The van der Waals surface area contributed by atoms with Crippen molar-refractivity contribution in [1.82, 2.24) is 0 Å². The first-order valence-electron chi connectivity index (χ1n) is 5.67. The van der Waals surface area contributed by atoms with Crippen LogP contribution in [0.3, 0.4) is 0 Å². The summed E-state index contributed by atoms with van der Waals surface area (Å²) >= 11 is 0. The predicted molar refractivity (Wildman–Crippen MR) is 65.9 cm³/mol. The standard InChI is InChI=1S/C12H16N2O4/c1-3-12(13,11(15)18-4-2)9-7-5-6-8-10(9)14(16)17/h5-8H,3-4,13H2,1-2H3/t12-/m0/s1. The van der Waals surface area contributed by atoms with Gasteiger partial charge in [-0.3, -0.25) is 10.1 Å². The predicted octanol–water partition coefficient (Wildman–Crippen LogP) is 1.72. The number of rotatable bonds is 5. The number of benzene rings is 1. The van der Waals surface area contributed by atoms with Crippen molar-refractivity contribution in [3.05, 3.63) is 39.9 Å². The quantitative estimate of drug-likeness (QED) is 0.489. The summed E-state index contributed by atoms with van der Waals surface area (Å²) in [5.41, 5.74) is 4.53. The number of nitrogens with zero attached hydrogens (tertiary/aromatic N) is 1. The molecule has 0 bridgehead atoms. The Kier molecular flexibility index (Phi) is 4.38. The Bertz CT molecular complexity index is 461. The van der Waals surface area contributed by atoms with Gasteiger partial charge in [-0.1, -0.05) is 19.1 Å². The molecule has 2 N–H and O–H groups in total. The van der Waals surface area contributed by atoms with Crippen molar-refractivity contribution in [2.45, 2.75) is 25.8 Å². The normalized spacial score (nSPS) is 13.7. The van der Waals surface area contributed by atoms with Crippen LogP contribution >= 0.6 is 0 Å². The van der Waals surface area contributed by atoms with Gasteiger partial charge in [-0.25, -0.2) is 4.79 Å². The average molecular weight is 252 g/mol. The first-order chi connectivity index (χ1) is 8.47. The number of carbonyl (C=O) groups is 1. The molecule has 1 aromatic rings. The van der Waals surface area contributed by atoms with Gasteiger partial charge in [-0.05, 0) is 19.4 Å². The van der Waals surface area contributed by atoms with Crippen LogP contribution in [0.25, 0.3) is 0 Å². The molecule has 0 heterocycles. The highest BCUT2D eigenvalue weighted by Crippen LogP contribution is 2.31. The van der Waals surface area contributed by atoms with E-state index in [1.54, 1.807) is 19.9 Å². The summed E-state index contributed by atoms with van der Waals surface area (Å²) in [6, 6.07) is 5.95. The second kappa shape index (κ2) is 5.59. The van der Waals surface area contributed by atoms with Crippen molar-refractivity contribution >= 4 is 11.7 Å². The number of esters is 1. The molecule has 1 aromatic carbocycles. The number of nitro groups is 1.